The van der Waals surface area contributed by atoms with E-state index in [0.717, 1.165) is 17.7 Å². The first-order valence-electron chi connectivity index (χ1n) is 7.47. The fourth-order valence-corrected chi connectivity index (χ4v) is 3.69. The maximum Gasteiger partial charge on any atom is 0.307 e. The fourth-order valence-electron chi connectivity index (χ4n) is 2.16. The van der Waals surface area contributed by atoms with Gasteiger partial charge in [0.05, 0.1) is 31.4 Å². The lowest BCUT2D eigenvalue weighted by Gasteiger charge is -2.16. The van der Waals surface area contributed by atoms with Crippen molar-refractivity contribution in [2.24, 2.45) is 0 Å². The monoisotopic (exact) mass is 367 g/mol. The molecule has 1 unspecified atom stereocenters. The van der Waals surface area contributed by atoms with Gasteiger partial charge in [-0.05, 0) is 34.7 Å². The lowest BCUT2D eigenvalue weighted by molar-refractivity contribution is -0.141. The van der Waals surface area contributed by atoms with E-state index in [1.165, 1.54) is 30.2 Å². The number of thiophene rings is 1. The van der Waals surface area contributed by atoms with Crippen LogP contribution in [0.2, 0.25) is 0 Å². The largest absolute Gasteiger partial charge is 0.469 e. The number of carbonyl (C=O) groups is 2. The topological polar surface area (TPSA) is 99.0 Å². The first-order chi connectivity index (χ1) is 11.7. The minimum Gasteiger partial charge on any atom is -0.469 e. The van der Waals surface area contributed by atoms with Gasteiger partial charge in [0.25, 0.3) is 0 Å². The highest BCUT2D eigenvalue weighted by Crippen LogP contribution is 2.36. The van der Waals surface area contributed by atoms with Crippen molar-refractivity contribution in [1.82, 2.24) is 25.5 Å². The van der Waals surface area contributed by atoms with Crippen LogP contribution in [0.25, 0.3) is 0 Å². The Labute approximate surface area is 147 Å². The van der Waals surface area contributed by atoms with Gasteiger partial charge in [-0.3, -0.25) is 9.59 Å². The Morgan fingerprint density at radius 3 is 3.04 bits per heavy atom. The number of nitrogens with one attached hydrogen (secondary N) is 1. The molecular formula is C14H17N5O3S2. The fraction of sp³-hybridized carbons (Fsp3) is 0.500. The summed E-state index contributed by atoms with van der Waals surface area (Å²) in [6, 6.07) is 3.75. The number of rotatable bonds is 8. The smallest absolute Gasteiger partial charge is 0.307 e. The average molecular weight is 367 g/mol. The molecule has 0 spiro atoms. The van der Waals surface area contributed by atoms with E-state index in [2.05, 4.69) is 20.8 Å². The summed E-state index contributed by atoms with van der Waals surface area (Å²) in [7, 11) is 1.34. The van der Waals surface area contributed by atoms with E-state index in [4.69, 9.17) is 4.74 Å². The summed E-state index contributed by atoms with van der Waals surface area (Å²) in [5, 5.41) is 17.0. The first-order valence-corrected chi connectivity index (χ1v) is 9.34. The van der Waals surface area contributed by atoms with Gasteiger partial charge in [0.1, 0.15) is 0 Å². The number of carbonyl (C=O) groups excluding carboxylic acids is 2. The molecule has 8 nitrogen and oxygen atoms in total. The summed E-state index contributed by atoms with van der Waals surface area (Å²) in [4.78, 5) is 24.7. The summed E-state index contributed by atoms with van der Waals surface area (Å²) >= 11 is 2.79. The molecule has 1 aliphatic carbocycles. The molecule has 2 heterocycles. The van der Waals surface area contributed by atoms with Crippen LogP contribution in [0.15, 0.2) is 22.7 Å². The van der Waals surface area contributed by atoms with Crippen LogP contribution in [-0.4, -0.2) is 44.9 Å². The first kappa shape index (κ1) is 16.9. The summed E-state index contributed by atoms with van der Waals surface area (Å²) in [6.07, 6.45) is 2.25. The Morgan fingerprint density at radius 1 is 1.54 bits per heavy atom. The number of hydrogen-bond donors (Lipinski definition) is 1. The molecule has 10 heteroatoms. The predicted octanol–water partition coefficient (Wildman–Crippen LogP) is 1.58. The minimum atomic E-state index is -0.384. The number of tetrazole rings is 1. The molecule has 0 aromatic carbocycles. The molecule has 2 aromatic rings. The van der Waals surface area contributed by atoms with Gasteiger partial charge < -0.3 is 10.1 Å². The average Bonchev–Trinajstić information content (AvgIpc) is 3.09. The second-order valence-electron chi connectivity index (χ2n) is 5.34. The Morgan fingerprint density at radius 2 is 2.38 bits per heavy atom. The summed E-state index contributed by atoms with van der Waals surface area (Å²) in [5.74, 6) is -0.345. The van der Waals surface area contributed by atoms with Crippen LogP contribution in [0.3, 0.4) is 0 Å². The van der Waals surface area contributed by atoms with Gasteiger partial charge in [-0.1, -0.05) is 17.8 Å². The van der Waals surface area contributed by atoms with Gasteiger partial charge in [-0.25, -0.2) is 4.68 Å². The second-order valence-corrected chi connectivity index (χ2v) is 7.26. The van der Waals surface area contributed by atoms with Crippen LogP contribution in [0.1, 0.15) is 36.2 Å². The molecule has 0 aliphatic heterocycles. The van der Waals surface area contributed by atoms with Crippen molar-refractivity contribution >= 4 is 35.0 Å². The molecule has 1 aliphatic rings. The predicted molar refractivity (Wildman–Crippen MR) is 88.6 cm³/mol. The van der Waals surface area contributed by atoms with Gasteiger partial charge in [0.15, 0.2) is 0 Å². The molecule has 1 amide bonds. The molecule has 24 heavy (non-hydrogen) atoms. The van der Waals surface area contributed by atoms with E-state index in [9.17, 15) is 9.59 Å². The SMILES string of the molecule is COC(=O)CC(NC(=O)CSc1nnnn1C1CC1)c1cccs1. The van der Waals surface area contributed by atoms with Crippen molar-refractivity contribution < 1.29 is 14.3 Å². The normalized spacial score (nSPS) is 15.0. The van der Waals surface area contributed by atoms with E-state index < -0.39 is 0 Å². The summed E-state index contributed by atoms with van der Waals surface area (Å²) in [6.45, 7) is 0. The highest BCUT2D eigenvalue weighted by molar-refractivity contribution is 7.99. The number of methoxy groups -OCH3 is 1. The van der Waals surface area contributed by atoms with Crippen LogP contribution in [-0.2, 0) is 14.3 Å². The zero-order chi connectivity index (χ0) is 16.9. The highest BCUT2D eigenvalue weighted by atomic mass is 32.2. The molecule has 3 rings (SSSR count). The minimum absolute atomic E-state index is 0.104. The van der Waals surface area contributed by atoms with Crippen LogP contribution in [0.5, 0.6) is 0 Å². The number of amides is 1. The lowest BCUT2D eigenvalue weighted by atomic mass is 10.1. The molecule has 1 N–H and O–H groups in total. The Kier molecular flexibility index (Phi) is 5.46. The Balaban J connectivity index is 1.56. The Hall–Kier alpha value is -1.94. The third-order valence-electron chi connectivity index (χ3n) is 3.51. The molecule has 128 valence electrons. The molecular weight excluding hydrogens is 350 g/mol. The van der Waals surface area contributed by atoms with Crippen molar-refractivity contribution in [3.63, 3.8) is 0 Å². The zero-order valence-corrected chi connectivity index (χ0v) is 14.7. The number of ether oxygens (including phenoxy) is 1. The van der Waals surface area contributed by atoms with E-state index >= 15 is 0 Å². The third-order valence-corrected chi connectivity index (χ3v) is 5.43. The molecule has 1 fully saturated rings. The van der Waals surface area contributed by atoms with E-state index in [1.54, 1.807) is 4.68 Å². The molecule has 1 saturated carbocycles. The van der Waals surface area contributed by atoms with Crippen LogP contribution >= 0.6 is 23.1 Å². The van der Waals surface area contributed by atoms with Crippen molar-refractivity contribution in [3.8, 4) is 0 Å². The quantitative estimate of drug-likeness (QED) is 0.558. The van der Waals surface area contributed by atoms with E-state index in [-0.39, 0.29) is 30.1 Å². The number of esters is 1. The molecule has 1 atom stereocenters. The van der Waals surface area contributed by atoms with E-state index in [1.807, 2.05) is 17.5 Å². The van der Waals surface area contributed by atoms with Crippen LogP contribution in [0.4, 0.5) is 0 Å². The maximum absolute atomic E-state index is 12.3. The summed E-state index contributed by atoms with van der Waals surface area (Å²) in [5.41, 5.74) is 0. The number of thioether (sulfide) groups is 1. The Bertz CT molecular complexity index is 699. The maximum atomic E-state index is 12.3. The van der Waals surface area contributed by atoms with Crippen LogP contribution < -0.4 is 5.32 Å². The number of nitrogens with zero attached hydrogens (tertiary/aromatic N) is 4. The van der Waals surface area contributed by atoms with Gasteiger partial charge in [0.2, 0.25) is 11.1 Å². The second kappa shape index (κ2) is 7.75. The number of aromatic nitrogens is 4. The van der Waals surface area contributed by atoms with Crippen molar-refractivity contribution in [2.75, 3.05) is 12.9 Å². The van der Waals surface area contributed by atoms with Gasteiger partial charge >= 0.3 is 5.97 Å². The van der Waals surface area contributed by atoms with Gasteiger partial charge in [-0.2, -0.15) is 0 Å². The lowest BCUT2D eigenvalue weighted by Crippen LogP contribution is -2.31. The molecule has 0 radical (unpaired) electrons. The van der Waals surface area contributed by atoms with Crippen LogP contribution in [0, 0.1) is 0 Å². The van der Waals surface area contributed by atoms with Gasteiger partial charge in [0, 0.05) is 4.88 Å². The molecule has 0 saturated heterocycles. The molecule has 0 bridgehead atoms. The standard InChI is InChI=1S/C14H17N5O3S2/c1-22-13(21)7-10(11-3-2-6-23-11)15-12(20)8-24-14-16-17-18-19(14)9-4-5-9/h2-3,6,9-10H,4-5,7-8H2,1H3,(H,15,20). The van der Waals surface area contributed by atoms with Crippen molar-refractivity contribution in [3.05, 3.63) is 22.4 Å². The van der Waals surface area contributed by atoms with Crippen molar-refractivity contribution in [2.45, 2.75) is 36.5 Å². The molecule has 2 aromatic heterocycles. The van der Waals surface area contributed by atoms with E-state index in [0.29, 0.717) is 11.2 Å². The van der Waals surface area contributed by atoms with Crippen molar-refractivity contribution in [1.29, 1.82) is 0 Å². The van der Waals surface area contributed by atoms with Gasteiger partial charge in [-0.15, -0.1) is 16.4 Å². The number of hydrogen-bond acceptors (Lipinski definition) is 8. The third kappa shape index (κ3) is 4.32. The zero-order valence-electron chi connectivity index (χ0n) is 13.0. The highest BCUT2D eigenvalue weighted by Gasteiger charge is 2.28. The summed E-state index contributed by atoms with van der Waals surface area (Å²) < 4.78 is 6.47.